The highest BCUT2D eigenvalue weighted by molar-refractivity contribution is 5.91. The average molecular weight is 429 g/mol. The molecule has 1 atom stereocenters. The van der Waals surface area contributed by atoms with Crippen LogP contribution in [0.4, 0.5) is 10.5 Å². The summed E-state index contributed by atoms with van der Waals surface area (Å²) in [6.45, 7) is 1.78. The van der Waals surface area contributed by atoms with Gasteiger partial charge in [0.25, 0.3) is 5.91 Å². The van der Waals surface area contributed by atoms with Crippen molar-refractivity contribution in [2.24, 2.45) is 0 Å². The van der Waals surface area contributed by atoms with E-state index in [0.717, 1.165) is 28.9 Å². The summed E-state index contributed by atoms with van der Waals surface area (Å²) in [4.78, 5) is 30.8. The first-order chi connectivity index (χ1) is 15.7. The van der Waals surface area contributed by atoms with Crippen molar-refractivity contribution in [2.45, 2.75) is 18.9 Å². The van der Waals surface area contributed by atoms with Gasteiger partial charge in [-0.25, -0.2) is 9.78 Å². The Morgan fingerprint density at radius 3 is 2.81 bits per heavy atom. The van der Waals surface area contributed by atoms with Crippen LogP contribution in [0, 0.1) is 0 Å². The first-order valence-electron chi connectivity index (χ1n) is 10.5. The van der Waals surface area contributed by atoms with Gasteiger partial charge in [-0.3, -0.25) is 4.79 Å². The summed E-state index contributed by atoms with van der Waals surface area (Å²) < 4.78 is 7.14. The maximum Gasteiger partial charge on any atom is 0.319 e. The number of furan rings is 1. The maximum absolute atomic E-state index is 12.4. The molecule has 2 N–H and O–H groups in total. The van der Waals surface area contributed by atoms with E-state index in [9.17, 15) is 9.59 Å². The zero-order valence-corrected chi connectivity index (χ0v) is 17.4. The topological polar surface area (TPSA) is 91.9 Å². The summed E-state index contributed by atoms with van der Waals surface area (Å²) in [5, 5.41) is 5.73. The number of hydrogen-bond acceptors (Lipinski definition) is 4. The second-order valence-electron chi connectivity index (χ2n) is 7.87. The van der Waals surface area contributed by atoms with Crippen LogP contribution in [0.2, 0.25) is 0 Å². The van der Waals surface area contributed by atoms with E-state index in [1.54, 1.807) is 18.3 Å². The highest BCUT2D eigenvalue weighted by Crippen LogP contribution is 2.29. The smallest absolute Gasteiger partial charge is 0.319 e. The van der Waals surface area contributed by atoms with E-state index < -0.39 is 0 Å². The number of carbonyl (C=O) groups excluding carboxylic acids is 2. The minimum absolute atomic E-state index is 0.0700. The molecule has 1 aliphatic heterocycles. The van der Waals surface area contributed by atoms with Crippen molar-refractivity contribution in [3.8, 4) is 0 Å². The van der Waals surface area contributed by atoms with Gasteiger partial charge in [0, 0.05) is 49.8 Å². The number of carbonyl (C=O) groups is 2. The van der Waals surface area contributed by atoms with Crippen LogP contribution >= 0.6 is 0 Å². The number of pyridine rings is 1. The zero-order chi connectivity index (χ0) is 21.9. The molecule has 1 unspecified atom stereocenters. The molecule has 32 heavy (non-hydrogen) atoms. The Balaban J connectivity index is 1.13. The van der Waals surface area contributed by atoms with Gasteiger partial charge in [-0.2, -0.15) is 0 Å². The summed E-state index contributed by atoms with van der Waals surface area (Å²) >= 11 is 0. The number of benzene rings is 1. The Kier molecular flexibility index (Phi) is 5.33. The molecule has 4 heterocycles. The second-order valence-corrected chi connectivity index (χ2v) is 7.87. The summed E-state index contributed by atoms with van der Waals surface area (Å²) in [7, 11) is 0. The SMILES string of the molecule is O=C(NCc1ccn2ccnc2c1)Nc1ccc(C2CCN(C(=O)c3ccco3)C2)cc1. The van der Waals surface area contributed by atoms with E-state index in [1.165, 1.54) is 6.26 Å². The number of imidazole rings is 1. The minimum Gasteiger partial charge on any atom is -0.459 e. The first-order valence-corrected chi connectivity index (χ1v) is 10.5. The largest absolute Gasteiger partial charge is 0.459 e. The van der Waals surface area contributed by atoms with Gasteiger partial charge in [0.15, 0.2) is 5.76 Å². The van der Waals surface area contributed by atoms with Crippen LogP contribution in [0.1, 0.15) is 34.0 Å². The normalized spacial score (nSPS) is 15.8. The standard InChI is InChI=1S/C24H23N5O3/c30-23(21-2-1-13-32-21)29-11-8-19(16-29)18-3-5-20(6-4-18)27-24(31)26-15-17-7-10-28-12-9-25-22(28)14-17/h1-7,9-10,12-14,19H,8,11,15-16H2,(H2,26,27,31). The van der Waals surface area contributed by atoms with Gasteiger partial charge in [0.05, 0.1) is 6.26 Å². The molecular formula is C24H23N5O3. The summed E-state index contributed by atoms with van der Waals surface area (Å²) in [6, 6.07) is 14.8. The van der Waals surface area contributed by atoms with E-state index in [4.69, 9.17) is 4.42 Å². The summed E-state index contributed by atoms with van der Waals surface area (Å²) in [5.41, 5.74) is 3.69. The first kappa shape index (κ1) is 19.9. The van der Waals surface area contributed by atoms with Crippen molar-refractivity contribution in [3.05, 3.63) is 90.3 Å². The lowest BCUT2D eigenvalue weighted by Gasteiger charge is -2.15. The molecule has 0 saturated carbocycles. The van der Waals surface area contributed by atoms with Gasteiger partial charge < -0.3 is 24.4 Å². The molecule has 3 aromatic heterocycles. The Labute approximate surface area is 184 Å². The number of nitrogens with one attached hydrogen (secondary N) is 2. The molecule has 8 nitrogen and oxygen atoms in total. The number of hydrogen-bond donors (Lipinski definition) is 2. The third-order valence-electron chi connectivity index (χ3n) is 5.76. The number of rotatable bonds is 5. The molecule has 0 aliphatic carbocycles. The van der Waals surface area contributed by atoms with Gasteiger partial charge in [0.2, 0.25) is 0 Å². The molecule has 1 saturated heterocycles. The van der Waals surface area contributed by atoms with Crippen LogP contribution in [0.3, 0.4) is 0 Å². The Hall–Kier alpha value is -4.07. The van der Waals surface area contributed by atoms with Gasteiger partial charge in [-0.15, -0.1) is 0 Å². The molecular weight excluding hydrogens is 406 g/mol. The lowest BCUT2D eigenvalue weighted by atomic mass is 9.98. The fraction of sp³-hybridized carbons (Fsp3) is 0.208. The van der Waals surface area contributed by atoms with Crippen molar-refractivity contribution >= 4 is 23.3 Å². The van der Waals surface area contributed by atoms with Crippen LogP contribution in [0.15, 0.2) is 77.8 Å². The monoisotopic (exact) mass is 429 g/mol. The Morgan fingerprint density at radius 1 is 1.12 bits per heavy atom. The number of urea groups is 1. The molecule has 0 bridgehead atoms. The highest BCUT2D eigenvalue weighted by atomic mass is 16.3. The molecule has 1 aliphatic rings. The number of likely N-dealkylation sites (tertiary alicyclic amines) is 1. The lowest BCUT2D eigenvalue weighted by Crippen LogP contribution is -2.28. The number of nitrogens with zero attached hydrogens (tertiary/aromatic N) is 3. The highest BCUT2D eigenvalue weighted by Gasteiger charge is 2.29. The third kappa shape index (κ3) is 4.20. The van der Waals surface area contributed by atoms with E-state index >= 15 is 0 Å². The molecule has 1 aromatic carbocycles. The fourth-order valence-electron chi connectivity index (χ4n) is 4.03. The predicted molar refractivity (Wildman–Crippen MR) is 119 cm³/mol. The van der Waals surface area contributed by atoms with Gasteiger partial charge in [-0.05, 0) is 53.9 Å². The number of anilines is 1. The number of fused-ring (bicyclic) bond motifs is 1. The van der Waals surface area contributed by atoms with Crippen molar-refractivity contribution < 1.29 is 14.0 Å². The Bertz CT molecular complexity index is 1230. The third-order valence-corrected chi connectivity index (χ3v) is 5.76. The molecule has 3 amide bonds. The van der Waals surface area contributed by atoms with Crippen molar-refractivity contribution in [2.75, 3.05) is 18.4 Å². The maximum atomic E-state index is 12.4. The van der Waals surface area contributed by atoms with E-state index in [1.807, 2.05) is 58.1 Å². The van der Waals surface area contributed by atoms with E-state index in [0.29, 0.717) is 25.4 Å². The lowest BCUT2D eigenvalue weighted by molar-refractivity contribution is 0.0759. The van der Waals surface area contributed by atoms with Crippen molar-refractivity contribution in [1.82, 2.24) is 19.6 Å². The van der Waals surface area contributed by atoms with Gasteiger partial charge in [-0.1, -0.05) is 12.1 Å². The molecule has 0 radical (unpaired) electrons. The quantitative estimate of drug-likeness (QED) is 0.504. The number of aromatic nitrogens is 2. The molecule has 5 rings (SSSR count). The van der Waals surface area contributed by atoms with Crippen LogP contribution in [-0.2, 0) is 6.54 Å². The van der Waals surface area contributed by atoms with Gasteiger partial charge in [0.1, 0.15) is 5.65 Å². The summed E-state index contributed by atoms with van der Waals surface area (Å²) in [6.07, 6.45) is 7.95. The van der Waals surface area contributed by atoms with Crippen molar-refractivity contribution in [1.29, 1.82) is 0 Å². The fourth-order valence-corrected chi connectivity index (χ4v) is 4.03. The van der Waals surface area contributed by atoms with Crippen LogP contribution in [0.25, 0.3) is 5.65 Å². The molecule has 1 fully saturated rings. The average Bonchev–Trinajstić information content (AvgIpc) is 3.59. The molecule has 162 valence electrons. The second kappa shape index (κ2) is 8.58. The van der Waals surface area contributed by atoms with Crippen LogP contribution in [-0.4, -0.2) is 39.3 Å². The van der Waals surface area contributed by atoms with Crippen LogP contribution < -0.4 is 10.6 Å². The van der Waals surface area contributed by atoms with Crippen LogP contribution in [0.5, 0.6) is 0 Å². The van der Waals surface area contributed by atoms with Gasteiger partial charge >= 0.3 is 6.03 Å². The minimum atomic E-state index is -0.267. The van der Waals surface area contributed by atoms with Crippen molar-refractivity contribution in [3.63, 3.8) is 0 Å². The van der Waals surface area contributed by atoms with E-state index in [-0.39, 0.29) is 17.9 Å². The van der Waals surface area contributed by atoms with E-state index in [2.05, 4.69) is 15.6 Å². The zero-order valence-electron chi connectivity index (χ0n) is 17.4. The predicted octanol–water partition coefficient (Wildman–Crippen LogP) is 3.88. The summed E-state index contributed by atoms with van der Waals surface area (Å²) in [5.74, 6) is 0.578. The number of amides is 3. The molecule has 0 spiro atoms. The Morgan fingerprint density at radius 2 is 2.00 bits per heavy atom. The molecule has 8 heteroatoms. The molecule has 4 aromatic rings.